The van der Waals surface area contributed by atoms with Crippen molar-refractivity contribution in [1.82, 2.24) is 4.90 Å². The van der Waals surface area contributed by atoms with Gasteiger partial charge in [0.05, 0.1) is 5.56 Å². The molecule has 2 aliphatic rings. The second kappa shape index (κ2) is 7.40. The van der Waals surface area contributed by atoms with E-state index in [1.807, 2.05) is 29.2 Å². The van der Waals surface area contributed by atoms with Crippen molar-refractivity contribution >= 4 is 17.6 Å². The van der Waals surface area contributed by atoms with Crippen molar-refractivity contribution in [2.24, 2.45) is 0 Å². The van der Waals surface area contributed by atoms with Gasteiger partial charge in [-0.15, -0.1) is 0 Å². The first-order valence-electron chi connectivity index (χ1n) is 9.95. The van der Waals surface area contributed by atoms with Gasteiger partial charge in [-0.25, -0.2) is 4.79 Å². The molecule has 5 heteroatoms. The zero-order chi connectivity index (χ0) is 19.7. The van der Waals surface area contributed by atoms with E-state index < -0.39 is 11.5 Å². The third-order valence-electron chi connectivity index (χ3n) is 6.16. The van der Waals surface area contributed by atoms with E-state index in [-0.39, 0.29) is 5.91 Å². The van der Waals surface area contributed by atoms with Gasteiger partial charge in [-0.3, -0.25) is 9.69 Å². The third kappa shape index (κ3) is 3.31. The monoisotopic (exact) mass is 378 g/mol. The number of carboxylic acid groups (broad SMARTS) is 1. The molecule has 1 N–H and O–H groups in total. The van der Waals surface area contributed by atoms with Crippen molar-refractivity contribution < 1.29 is 14.7 Å². The summed E-state index contributed by atoms with van der Waals surface area (Å²) in [6.45, 7) is 4.39. The van der Waals surface area contributed by atoms with Crippen molar-refractivity contribution in [1.29, 1.82) is 0 Å². The number of likely N-dealkylation sites (tertiary alicyclic amines) is 1. The number of aryl methyl sites for hydroxylation is 1. The first kappa shape index (κ1) is 18.7. The fraction of sp³-hybridized carbons (Fsp3) is 0.391. The van der Waals surface area contributed by atoms with E-state index >= 15 is 0 Å². The first-order valence-corrected chi connectivity index (χ1v) is 9.95. The van der Waals surface area contributed by atoms with Gasteiger partial charge in [0, 0.05) is 18.8 Å². The molecular formula is C23H26N2O3. The number of hydrogen-bond donors (Lipinski definition) is 1. The first-order chi connectivity index (χ1) is 13.5. The Hall–Kier alpha value is -2.66. The van der Waals surface area contributed by atoms with Gasteiger partial charge in [-0.1, -0.05) is 29.8 Å². The summed E-state index contributed by atoms with van der Waals surface area (Å²) in [5.74, 6) is -0.706. The van der Waals surface area contributed by atoms with Crippen LogP contribution in [0.4, 0.5) is 5.69 Å². The largest absolute Gasteiger partial charge is 0.478 e. The van der Waals surface area contributed by atoms with Crippen LogP contribution in [0, 0.1) is 6.92 Å². The molecule has 1 spiro atoms. The maximum absolute atomic E-state index is 13.6. The van der Waals surface area contributed by atoms with Gasteiger partial charge in [0.1, 0.15) is 5.54 Å². The topological polar surface area (TPSA) is 60.9 Å². The van der Waals surface area contributed by atoms with Crippen molar-refractivity contribution in [3.63, 3.8) is 0 Å². The van der Waals surface area contributed by atoms with Crippen LogP contribution >= 0.6 is 0 Å². The van der Waals surface area contributed by atoms with Crippen LogP contribution in [-0.2, 0) is 11.3 Å². The number of amides is 1. The van der Waals surface area contributed by atoms with Crippen molar-refractivity contribution in [3.8, 4) is 0 Å². The Morgan fingerprint density at radius 1 is 1.00 bits per heavy atom. The summed E-state index contributed by atoms with van der Waals surface area (Å²) >= 11 is 0. The van der Waals surface area contributed by atoms with E-state index in [0.717, 1.165) is 50.0 Å². The lowest BCUT2D eigenvalue weighted by molar-refractivity contribution is -0.131. The highest BCUT2D eigenvalue weighted by molar-refractivity contribution is 6.01. The van der Waals surface area contributed by atoms with Gasteiger partial charge >= 0.3 is 5.97 Å². The molecule has 1 unspecified atom stereocenters. The van der Waals surface area contributed by atoms with Crippen LogP contribution in [0.5, 0.6) is 0 Å². The van der Waals surface area contributed by atoms with Gasteiger partial charge in [-0.05, 0) is 69.0 Å². The van der Waals surface area contributed by atoms with Gasteiger partial charge < -0.3 is 10.0 Å². The van der Waals surface area contributed by atoms with E-state index in [1.165, 1.54) is 5.56 Å². The predicted octanol–water partition coefficient (Wildman–Crippen LogP) is 3.85. The summed E-state index contributed by atoms with van der Waals surface area (Å²) in [6.07, 6.45) is 3.79. The minimum Gasteiger partial charge on any atom is -0.478 e. The molecule has 0 bridgehead atoms. The fourth-order valence-electron chi connectivity index (χ4n) is 4.62. The standard InChI is InChI=1S/C23H26N2O3/c1-17-4-10-20(11-5-17)25-15-3-13-23(22(25)28)12-2-14-24(23)16-18-6-8-19(9-7-18)21(26)27/h4-11H,2-3,12-16H2,1H3,(H,26,27). The molecule has 1 atom stereocenters. The number of nitrogens with zero attached hydrogens (tertiary/aromatic N) is 2. The quantitative estimate of drug-likeness (QED) is 0.878. The normalized spacial score (nSPS) is 22.8. The van der Waals surface area contributed by atoms with Gasteiger partial charge in [0.15, 0.2) is 0 Å². The molecule has 4 rings (SSSR count). The number of hydrogen-bond acceptors (Lipinski definition) is 3. The molecule has 0 saturated carbocycles. The van der Waals surface area contributed by atoms with Crippen molar-refractivity contribution in [2.75, 3.05) is 18.0 Å². The molecule has 2 aromatic rings. The number of carbonyl (C=O) groups excluding carboxylic acids is 1. The Kier molecular flexibility index (Phi) is 4.94. The smallest absolute Gasteiger partial charge is 0.335 e. The molecule has 5 nitrogen and oxygen atoms in total. The molecule has 2 saturated heterocycles. The van der Waals surface area contributed by atoms with Crippen molar-refractivity contribution in [3.05, 3.63) is 65.2 Å². The van der Waals surface area contributed by atoms with E-state index in [4.69, 9.17) is 5.11 Å². The minimum absolute atomic E-state index is 0.210. The van der Waals surface area contributed by atoms with Crippen LogP contribution in [0.25, 0.3) is 0 Å². The lowest BCUT2D eigenvalue weighted by atomic mass is 9.84. The maximum Gasteiger partial charge on any atom is 0.335 e. The molecule has 28 heavy (non-hydrogen) atoms. The Labute approximate surface area is 165 Å². The van der Waals surface area contributed by atoms with Gasteiger partial charge in [-0.2, -0.15) is 0 Å². The SMILES string of the molecule is Cc1ccc(N2CCCC3(CCCN3Cc3ccc(C(=O)O)cc3)C2=O)cc1. The molecule has 2 aliphatic heterocycles. The molecule has 1 amide bonds. The summed E-state index contributed by atoms with van der Waals surface area (Å²) in [7, 11) is 0. The lowest BCUT2D eigenvalue weighted by Crippen LogP contribution is -2.59. The highest BCUT2D eigenvalue weighted by atomic mass is 16.4. The Morgan fingerprint density at radius 2 is 1.64 bits per heavy atom. The molecule has 0 aliphatic carbocycles. The van der Waals surface area contributed by atoms with E-state index in [1.54, 1.807) is 12.1 Å². The molecule has 2 heterocycles. The third-order valence-corrected chi connectivity index (χ3v) is 6.16. The summed E-state index contributed by atoms with van der Waals surface area (Å²) in [4.78, 5) is 28.9. The second-order valence-electron chi connectivity index (χ2n) is 7.95. The molecule has 2 fully saturated rings. The Bertz CT molecular complexity index is 876. The molecule has 2 aromatic carbocycles. The minimum atomic E-state index is -0.916. The summed E-state index contributed by atoms with van der Waals surface area (Å²) in [5, 5.41) is 9.09. The average molecular weight is 378 g/mol. The molecule has 0 radical (unpaired) electrons. The fourth-order valence-corrected chi connectivity index (χ4v) is 4.62. The summed E-state index contributed by atoms with van der Waals surface area (Å²) in [5.41, 5.74) is 3.07. The predicted molar refractivity (Wildman–Crippen MR) is 109 cm³/mol. The van der Waals surface area contributed by atoms with E-state index in [9.17, 15) is 9.59 Å². The molecular weight excluding hydrogens is 352 g/mol. The van der Waals surface area contributed by atoms with Crippen LogP contribution in [0.2, 0.25) is 0 Å². The number of benzene rings is 2. The molecule has 0 aromatic heterocycles. The highest BCUT2D eigenvalue weighted by Gasteiger charge is 2.50. The van der Waals surface area contributed by atoms with E-state index in [2.05, 4.69) is 24.0 Å². The van der Waals surface area contributed by atoms with Crippen LogP contribution in [0.1, 0.15) is 47.2 Å². The number of piperidine rings is 1. The summed E-state index contributed by atoms with van der Waals surface area (Å²) in [6, 6.07) is 15.2. The second-order valence-corrected chi connectivity index (χ2v) is 7.95. The van der Waals surface area contributed by atoms with E-state index in [0.29, 0.717) is 12.1 Å². The van der Waals surface area contributed by atoms with Crippen molar-refractivity contribution in [2.45, 2.75) is 44.7 Å². The zero-order valence-corrected chi connectivity index (χ0v) is 16.2. The van der Waals surface area contributed by atoms with Crippen LogP contribution in [0.3, 0.4) is 0 Å². The maximum atomic E-state index is 13.6. The van der Waals surface area contributed by atoms with Crippen LogP contribution < -0.4 is 4.90 Å². The number of rotatable bonds is 4. The number of aromatic carboxylic acids is 1. The number of carbonyl (C=O) groups is 2. The van der Waals surface area contributed by atoms with Crippen LogP contribution in [-0.4, -0.2) is 40.5 Å². The van der Waals surface area contributed by atoms with Gasteiger partial charge in [0.25, 0.3) is 0 Å². The highest BCUT2D eigenvalue weighted by Crippen LogP contribution is 2.40. The summed E-state index contributed by atoms with van der Waals surface area (Å²) < 4.78 is 0. The zero-order valence-electron chi connectivity index (χ0n) is 16.2. The number of anilines is 1. The Morgan fingerprint density at radius 3 is 2.29 bits per heavy atom. The Balaban J connectivity index is 1.57. The average Bonchev–Trinajstić information content (AvgIpc) is 3.08. The van der Waals surface area contributed by atoms with Crippen LogP contribution in [0.15, 0.2) is 48.5 Å². The number of carboxylic acids is 1. The van der Waals surface area contributed by atoms with Gasteiger partial charge in [0.2, 0.25) is 5.91 Å². The lowest BCUT2D eigenvalue weighted by Gasteiger charge is -2.44. The molecule has 146 valence electrons.